The number of nitrogens with zero attached hydrogens (tertiary/aromatic N) is 3. The SMILES string of the molecule is NC1CCC(Nc2nc(Nc3ccc4c(=O)n(CC5CC5)ccc4c3)ncc2C(F)(F)F)CC1. The summed E-state index contributed by atoms with van der Waals surface area (Å²) in [6, 6.07) is 7.04. The van der Waals surface area contributed by atoms with Gasteiger partial charge in [0.1, 0.15) is 11.4 Å². The van der Waals surface area contributed by atoms with Gasteiger partial charge in [0, 0.05) is 42.1 Å². The first-order valence-electron chi connectivity index (χ1n) is 11.6. The van der Waals surface area contributed by atoms with E-state index in [-0.39, 0.29) is 29.4 Å². The summed E-state index contributed by atoms with van der Waals surface area (Å²) >= 11 is 0. The summed E-state index contributed by atoms with van der Waals surface area (Å²) in [5.74, 6) is 0.389. The van der Waals surface area contributed by atoms with Gasteiger partial charge in [-0.2, -0.15) is 18.2 Å². The Hall–Kier alpha value is -3.14. The molecule has 2 fully saturated rings. The first kappa shape index (κ1) is 22.6. The average Bonchev–Trinajstić information content (AvgIpc) is 3.61. The van der Waals surface area contributed by atoms with Gasteiger partial charge in [0.25, 0.3) is 5.56 Å². The highest BCUT2D eigenvalue weighted by molar-refractivity contribution is 5.85. The Kier molecular flexibility index (Phi) is 5.93. The van der Waals surface area contributed by atoms with Crippen LogP contribution in [0.1, 0.15) is 44.1 Å². The molecule has 4 N–H and O–H groups in total. The van der Waals surface area contributed by atoms with Gasteiger partial charge in [0.2, 0.25) is 5.95 Å². The van der Waals surface area contributed by atoms with Gasteiger partial charge in [-0.25, -0.2) is 4.98 Å². The molecule has 0 bridgehead atoms. The molecule has 2 aliphatic rings. The van der Waals surface area contributed by atoms with E-state index in [1.54, 1.807) is 29.0 Å². The predicted octanol–water partition coefficient (Wildman–Crippen LogP) is 4.65. The molecule has 10 heteroatoms. The number of rotatable bonds is 6. The number of alkyl halides is 3. The molecule has 5 rings (SSSR count). The number of halogens is 3. The van der Waals surface area contributed by atoms with Crippen molar-refractivity contribution in [2.45, 2.75) is 63.3 Å². The number of anilines is 3. The molecule has 0 radical (unpaired) electrons. The van der Waals surface area contributed by atoms with Crippen LogP contribution in [0, 0.1) is 5.92 Å². The summed E-state index contributed by atoms with van der Waals surface area (Å²) in [6.45, 7) is 0.733. The second-order valence-electron chi connectivity index (χ2n) is 9.35. The summed E-state index contributed by atoms with van der Waals surface area (Å²) in [7, 11) is 0. The molecule has 0 amide bonds. The Morgan fingerprint density at radius 1 is 1.09 bits per heavy atom. The fourth-order valence-electron chi connectivity index (χ4n) is 4.43. The van der Waals surface area contributed by atoms with Crippen molar-refractivity contribution in [1.82, 2.24) is 14.5 Å². The Morgan fingerprint density at radius 2 is 1.85 bits per heavy atom. The van der Waals surface area contributed by atoms with Gasteiger partial charge < -0.3 is 20.9 Å². The molecule has 2 heterocycles. The van der Waals surface area contributed by atoms with Gasteiger partial charge in [-0.15, -0.1) is 0 Å². The van der Waals surface area contributed by atoms with E-state index in [1.165, 1.54) is 0 Å². The maximum Gasteiger partial charge on any atom is 0.421 e. The minimum Gasteiger partial charge on any atom is -0.367 e. The van der Waals surface area contributed by atoms with Crippen LogP contribution in [-0.2, 0) is 12.7 Å². The van der Waals surface area contributed by atoms with Gasteiger partial charge in [-0.05, 0) is 74.1 Å². The van der Waals surface area contributed by atoms with E-state index in [1.807, 2.05) is 6.07 Å². The van der Waals surface area contributed by atoms with Gasteiger partial charge in [0.15, 0.2) is 0 Å². The van der Waals surface area contributed by atoms with Crippen LogP contribution in [0.3, 0.4) is 0 Å². The first-order valence-corrected chi connectivity index (χ1v) is 11.6. The monoisotopic (exact) mass is 472 g/mol. The topological polar surface area (TPSA) is 97.9 Å². The molecule has 1 aromatic carbocycles. The summed E-state index contributed by atoms with van der Waals surface area (Å²) in [4.78, 5) is 20.8. The van der Waals surface area contributed by atoms with Crippen molar-refractivity contribution in [2.75, 3.05) is 10.6 Å². The Balaban J connectivity index is 1.39. The summed E-state index contributed by atoms with van der Waals surface area (Å²) in [5.41, 5.74) is 5.56. The molecule has 2 aromatic heterocycles. The smallest absolute Gasteiger partial charge is 0.367 e. The van der Waals surface area contributed by atoms with Crippen molar-refractivity contribution in [3.8, 4) is 0 Å². The van der Waals surface area contributed by atoms with Crippen molar-refractivity contribution in [2.24, 2.45) is 11.7 Å². The van der Waals surface area contributed by atoms with Crippen molar-refractivity contribution >= 4 is 28.2 Å². The number of fused-ring (bicyclic) bond motifs is 1. The highest BCUT2D eigenvalue weighted by Gasteiger charge is 2.36. The molecule has 180 valence electrons. The third-order valence-corrected chi connectivity index (χ3v) is 6.59. The Labute approximate surface area is 194 Å². The second-order valence-corrected chi connectivity index (χ2v) is 9.35. The fourth-order valence-corrected chi connectivity index (χ4v) is 4.43. The van der Waals surface area contributed by atoms with Crippen molar-refractivity contribution in [1.29, 1.82) is 0 Å². The van der Waals surface area contributed by atoms with Crippen molar-refractivity contribution in [3.05, 3.63) is 52.6 Å². The Morgan fingerprint density at radius 3 is 2.56 bits per heavy atom. The minimum absolute atomic E-state index is 0.0413. The van der Waals surface area contributed by atoms with E-state index < -0.39 is 11.7 Å². The van der Waals surface area contributed by atoms with E-state index in [9.17, 15) is 18.0 Å². The lowest BCUT2D eigenvalue weighted by atomic mass is 9.92. The second kappa shape index (κ2) is 8.90. The first-order chi connectivity index (χ1) is 16.3. The maximum absolute atomic E-state index is 13.6. The number of pyridine rings is 1. The van der Waals surface area contributed by atoms with Crippen LogP contribution in [0.25, 0.3) is 10.8 Å². The predicted molar refractivity (Wildman–Crippen MR) is 125 cm³/mol. The zero-order valence-electron chi connectivity index (χ0n) is 18.6. The van der Waals surface area contributed by atoms with E-state index in [4.69, 9.17) is 5.73 Å². The van der Waals surface area contributed by atoms with Gasteiger partial charge in [-0.1, -0.05) is 0 Å². The molecule has 0 aliphatic heterocycles. The summed E-state index contributed by atoms with van der Waals surface area (Å²) < 4.78 is 42.4. The van der Waals surface area contributed by atoms with Crippen molar-refractivity contribution < 1.29 is 13.2 Å². The van der Waals surface area contributed by atoms with E-state index in [2.05, 4.69) is 20.6 Å². The molecular weight excluding hydrogens is 445 g/mol. The van der Waals surface area contributed by atoms with Crippen LogP contribution < -0.4 is 21.9 Å². The molecule has 7 nitrogen and oxygen atoms in total. The number of aromatic nitrogens is 3. The lowest BCUT2D eigenvalue weighted by Gasteiger charge is -2.28. The molecule has 3 aromatic rings. The molecular formula is C24H27F3N6O. The standard InChI is InChI=1S/C24H27F3N6O/c25-24(26,27)20-12-29-23(32-21(20)30-17-5-3-16(28)4-6-17)31-18-7-8-19-15(11-18)9-10-33(22(19)34)13-14-1-2-14/h7-12,14,16-17H,1-6,13,28H2,(H2,29,30,31,32). The average molecular weight is 473 g/mol. The van der Waals surface area contributed by atoms with Crippen LogP contribution in [0.15, 0.2) is 41.5 Å². The maximum atomic E-state index is 13.6. The van der Waals surface area contributed by atoms with Crippen molar-refractivity contribution in [3.63, 3.8) is 0 Å². The van der Waals surface area contributed by atoms with Crippen LogP contribution in [-0.4, -0.2) is 26.6 Å². The summed E-state index contributed by atoms with van der Waals surface area (Å²) in [5, 5.41) is 7.27. The van der Waals surface area contributed by atoms with Crippen LogP contribution in [0.4, 0.5) is 30.6 Å². The number of nitrogens with two attached hydrogens (primary N) is 1. The number of nitrogens with one attached hydrogen (secondary N) is 2. The van der Waals surface area contributed by atoms with Gasteiger partial charge in [-0.3, -0.25) is 4.79 Å². The quantitative estimate of drug-likeness (QED) is 0.483. The third-order valence-electron chi connectivity index (χ3n) is 6.59. The molecule has 2 saturated carbocycles. The van der Waals surface area contributed by atoms with Crippen LogP contribution >= 0.6 is 0 Å². The number of benzene rings is 1. The zero-order valence-corrected chi connectivity index (χ0v) is 18.6. The third kappa shape index (κ3) is 5.01. The normalized spacial score (nSPS) is 20.9. The lowest BCUT2D eigenvalue weighted by Crippen LogP contribution is -2.33. The molecule has 0 spiro atoms. The largest absolute Gasteiger partial charge is 0.421 e. The highest BCUT2D eigenvalue weighted by Crippen LogP contribution is 2.35. The van der Waals surface area contributed by atoms with Gasteiger partial charge in [0.05, 0.1) is 0 Å². The molecule has 0 atom stereocenters. The van der Waals surface area contributed by atoms with E-state index in [0.29, 0.717) is 29.8 Å². The van der Waals surface area contributed by atoms with Gasteiger partial charge >= 0.3 is 6.18 Å². The van der Waals surface area contributed by atoms with E-state index in [0.717, 1.165) is 43.8 Å². The molecule has 2 aliphatic carbocycles. The summed E-state index contributed by atoms with van der Waals surface area (Å²) in [6.07, 6.45) is 3.22. The van der Waals surface area contributed by atoms with Crippen LogP contribution in [0.2, 0.25) is 0 Å². The van der Waals surface area contributed by atoms with E-state index >= 15 is 0 Å². The molecule has 0 unspecified atom stereocenters. The van der Waals surface area contributed by atoms with Crippen LogP contribution in [0.5, 0.6) is 0 Å². The minimum atomic E-state index is -4.57. The zero-order chi connectivity index (χ0) is 23.9. The molecule has 0 saturated heterocycles. The molecule has 34 heavy (non-hydrogen) atoms. The fraction of sp³-hybridized carbons (Fsp3) is 0.458. The number of hydrogen-bond acceptors (Lipinski definition) is 6. The Bertz CT molecular complexity index is 1250. The lowest BCUT2D eigenvalue weighted by molar-refractivity contribution is -0.137. The number of hydrogen-bond donors (Lipinski definition) is 3. The highest BCUT2D eigenvalue weighted by atomic mass is 19.4.